The van der Waals surface area contributed by atoms with Crippen LogP contribution in [0.2, 0.25) is 0 Å². The van der Waals surface area contributed by atoms with E-state index in [1.54, 1.807) is 30.4 Å². The topological polar surface area (TPSA) is 41.6 Å². The molecule has 1 aromatic heterocycles. The summed E-state index contributed by atoms with van der Waals surface area (Å²) in [6.45, 7) is 0.905. The zero-order valence-electron chi connectivity index (χ0n) is 12.0. The van der Waals surface area contributed by atoms with Crippen LogP contribution in [0.15, 0.2) is 41.8 Å². The summed E-state index contributed by atoms with van der Waals surface area (Å²) >= 11 is 1.65. The number of anilines is 1. The molecule has 1 aromatic carbocycles. The van der Waals surface area contributed by atoms with E-state index in [1.807, 2.05) is 41.8 Å². The van der Waals surface area contributed by atoms with Crippen LogP contribution < -0.4 is 15.0 Å². The Bertz CT molecular complexity index is 543. The highest BCUT2D eigenvalue weighted by Crippen LogP contribution is 2.22. The van der Waals surface area contributed by atoms with Crippen LogP contribution in [0.5, 0.6) is 5.75 Å². The predicted octanol–water partition coefficient (Wildman–Crippen LogP) is 2.93. The number of thiophene rings is 1. The van der Waals surface area contributed by atoms with Gasteiger partial charge in [-0.15, -0.1) is 23.7 Å². The van der Waals surface area contributed by atoms with Crippen molar-refractivity contribution in [2.45, 2.75) is 6.54 Å². The molecular formula is C15H19ClN2O2S. The third-order valence-corrected chi connectivity index (χ3v) is 3.77. The van der Waals surface area contributed by atoms with Crippen LogP contribution in [0.1, 0.15) is 4.88 Å². The van der Waals surface area contributed by atoms with Crippen LogP contribution >= 0.6 is 23.7 Å². The molecule has 0 fully saturated rings. The van der Waals surface area contributed by atoms with Gasteiger partial charge in [0.2, 0.25) is 5.91 Å². The summed E-state index contributed by atoms with van der Waals surface area (Å²) in [5.74, 6) is 0.831. The van der Waals surface area contributed by atoms with Crippen molar-refractivity contribution in [3.63, 3.8) is 0 Å². The Morgan fingerprint density at radius 1 is 1.29 bits per heavy atom. The van der Waals surface area contributed by atoms with Crippen molar-refractivity contribution in [1.82, 2.24) is 5.32 Å². The molecule has 0 saturated heterocycles. The van der Waals surface area contributed by atoms with Crippen LogP contribution in [0.3, 0.4) is 0 Å². The maximum absolute atomic E-state index is 12.3. The summed E-state index contributed by atoms with van der Waals surface area (Å²) in [6.07, 6.45) is 0. The molecule has 1 N–H and O–H groups in total. The molecule has 0 atom stereocenters. The summed E-state index contributed by atoms with van der Waals surface area (Å²) in [6, 6.07) is 11.6. The normalized spacial score (nSPS) is 9.81. The van der Waals surface area contributed by atoms with Gasteiger partial charge in [0.1, 0.15) is 5.75 Å². The van der Waals surface area contributed by atoms with Gasteiger partial charge in [0, 0.05) is 10.6 Å². The summed E-state index contributed by atoms with van der Waals surface area (Å²) in [5.41, 5.74) is 0.874. The van der Waals surface area contributed by atoms with Gasteiger partial charge >= 0.3 is 0 Å². The van der Waals surface area contributed by atoms with Crippen LogP contribution in [-0.4, -0.2) is 26.6 Å². The lowest BCUT2D eigenvalue weighted by molar-refractivity contribution is -0.117. The van der Waals surface area contributed by atoms with Crippen molar-refractivity contribution in [1.29, 1.82) is 0 Å². The maximum atomic E-state index is 12.3. The Hall–Kier alpha value is -1.56. The molecular weight excluding hydrogens is 308 g/mol. The van der Waals surface area contributed by atoms with Crippen LogP contribution in [-0.2, 0) is 11.3 Å². The summed E-state index contributed by atoms with van der Waals surface area (Å²) in [4.78, 5) is 15.2. The first-order valence-corrected chi connectivity index (χ1v) is 7.24. The third kappa shape index (κ3) is 4.74. The van der Waals surface area contributed by atoms with Gasteiger partial charge in [-0.1, -0.05) is 6.07 Å². The highest BCUT2D eigenvalue weighted by atomic mass is 35.5. The summed E-state index contributed by atoms with van der Waals surface area (Å²) in [5, 5.41) is 4.93. The molecule has 6 heteroatoms. The van der Waals surface area contributed by atoms with E-state index in [-0.39, 0.29) is 18.3 Å². The van der Waals surface area contributed by atoms with E-state index in [0.29, 0.717) is 13.1 Å². The minimum Gasteiger partial charge on any atom is -0.497 e. The van der Waals surface area contributed by atoms with Crippen molar-refractivity contribution >= 4 is 35.3 Å². The third-order valence-electron chi connectivity index (χ3n) is 2.91. The lowest BCUT2D eigenvalue weighted by Gasteiger charge is -2.22. The molecule has 0 spiro atoms. The molecule has 0 aliphatic heterocycles. The van der Waals surface area contributed by atoms with Crippen molar-refractivity contribution in [2.24, 2.45) is 0 Å². The SMILES string of the molecule is CNCC(=O)N(Cc1cccs1)c1ccc(OC)cc1.Cl. The van der Waals surface area contributed by atoms with Crippen molar-refractivity contribution < 1.29 is 9.53 Å². The Morgan fingerprint density at radius 2 is 2.00 bits per heavy atom. The zero-order chi connectivity index (χ0) is 14.4. The van der Waals surface area contributed by atoms with Gasteiger partial charge in [-0.25, -0.2) is 0 Å². The number of likely N-dealkylation sites (N-methyl/N-ethyl adjacent to an activating group) is 1. The lowest BCUT2D eigenvalue weighted by Crippen LogP contribution is -2.36. The molecule has 4 nitrogen and oxygen atoms in total. The molecule has 0 radical (unpaired) electrons. The molecule has 114 valence electrons. The van der Waals surface area contributed by atoms with Gasteiger partial charge in [-0.3, -0.25) is 4.79 Å². The van der Waals surface area contributed by atoms with Crippen molar-refractivity contribution in [3.8, 4) is 5.75 Å². The number of rotatable bonds is 6. The number of ether oxygens (including phenoxy) is 1. The largest absolute Gasteiger partial charge is 0.497 e. The number of hydrogen-bond acceptors (Lipinski definition) is 4. The van der Waals surface area contributed by atoms with E-state index in [9.17, 15) is 4.79 Å². The number of nitrogens with one attached hydrogen (secondary N) is 1. The minimum atomic E-state index is 0. The standard InChI is InChI=1S/C15H18N2O2S.ClH/c1-16-10-15(18)17(11-14-4-3-9-20-14)12-5-7-13(19-2)8-6-12;/h3-9,16H,10-11H2,1-2H3;1H. The lowest BCUT2D eigenvalue weighted by atomic mass is 10.2. The number of nitrogens with zero attached hydrogens (tertiary/aromatic N) is 1. The highest BCUT2D eigenvalue weighted by Gasteiger charge is 2.16. The molecule has 1 heterocycles. The second-order valence-corrected chi connectivity index (χ2v) is 5.32. The smallest absolute Gasteiger partial charge is 0.241 e. The minimum absolute atomic E-state index is 0. The van der Waals surface area contributed by atoms with Gasteiger partial charge in [0.05, 0.1) is 20.2 Å². The molecule has 2 rings (SSSR count). The second-order valence-electron chi connectivity index (χ2n) is 4.29. The van der Waals surface area contributed by atoms with E-state index in [1.165, 1.54) is 0 Å². The van der Waals surface area contributed by atoms with Gasteiger partial charge in [-0.05, 0) is 42.8 Å². The predicted molar refractivity (Wildman–Crippen MR) is 89.7 cm³/mol. The molecule has 1 amide bonds. The van der Waals surface area contributed by atoms with E-state index < -0.39 is 0 Å². The zero-order valence-corrected chi connectivity index (χ0v) is 13.7. The molecule has 0 bridgehead atoms. The van der Waals surface area contributed by atoms with Crippen LogP contribution in [0, 0.1) is 0 Å². The first-order chi connectivity index (χ1) is 9.74. The number of amides is 1. The van der Waals surface area contributed by atoms with E-state index in [0.717, 1.165) is 16.3 Å². The Labute approximate surface area is 135 Å². The average molecular weight is 327 g/mol. The van der Waals surface area contributed by atoms with Gasteiger partial charge in [0.15, 0.2) is 0 Å². The number of carbonyl (C=O) groups excluding carboxylic acids is 1. The quantitative estimate of drug-likeness (QED) is 0.887. The highest BCUT2D eigenvalue weighted by molar-refractivity contribution is 7.09. The fourth-order valence-electron chi connectivity index (χ4n) is 1.89. The van der Waals surface area contributed by atoms with Crippen LogP contribution in [0.25, 0.3) is 0 Å². The summed E-state index contributed by atoms with van der Waals surface area (Å²) in [7, 11) is 3.40. The average Bonchev–Trinajstić information content (AvgIpc) is 2.98. The van der Waals surface area contributed by atoms with Gasteiger partial charge < -0.3 is 15.0 Å². The van der Waals surface area contributed by atoms with Gasteiger partial charge in [-0.2, -0.15) is 0 Å². The Kier molecular flexibility index (Phi) is 7.22. The van der Waals surface area contributed by atoms with Crippen molar-refractivity contribution in [2.75, 3.05) is 25.6 Å². The number of methoxy groups -OCH3 is 1. The molecule has 0 saturated carbocycles. The molecule has 0 aliphatic rings. The number of hydrogen-bond donors (Lipinski definition) is 1. The molecule has 21 heavy (non-hydrogen) atoms. The Balaban J connectivity index is 0.00000220. The van der Waals surface area contributed by atoms with E-state index >= 15 is 0 Å². The fraction of sp³-hybridized carbons (Fsp3) is 0.267. The number of carbonyl (C=O) groups is 1. The second kappa shape index (κ2) is 8.67. The first-order valence-electron chi connectivity index (χ1n) is 6.36. The maximum Gasteiger partial charge on any atom is 0.241 e. The summed E-state index contributed by atoms with van der Waals surface area (Å²) < 4.78 is 5.15. The van der Waals surface area contributed by atoms with E-state index in [2.05, 4.69) is 5.32 Å². The number of benzene rings is 1. The van der Waals surface area contributed by atoms with Gasteiger partial charge in [0.25, 0.3) is 0 Å². The molecule has 0 unspecified atom stereocenters. The monoisotopic (exact) mass is 326 g/mol. The fourth-order valence-corrected chi connectivity index (χ4v) is 2.58. The first kappa shape index (κ1) is 17.5. The molecule has 2 aromatic rings. The van der Waals surface area contributed by atoms with Crippen LogP contribution in [0.4, 0.5) is 5.69 Å². The van der Waals surface area contributed by atoms with Crippen molar-refractivity contribution in [3.05, 3.63) is 46.7 Å². The number of halogens is 1. The Morgan fingerprint density at radius 3 is 2.52 bits per heavy atom. The van der Waals surface area contributed by atoms with E-state index in [4.69, 9.17) is 4.74 Å². The molecule has 0 aliphatic carbocycles.